The minimum absolute atomic E-state index is 0.00162. The number of terminal acetylenes is 1. The van der Waals surface area contributed by atoms with E-state index < -0.39 is 5.97 Å². The van der Waals surface area contributed by atoms with E-state index in [1.807, 2.05) is 6.92 Å². The van der Waals surface area contributed by atoms with Crippen LogP contribution in [0.4, 0.5) is 0 Å². The van der Waals surface area contributed by atoms with Crippen molar-refractivity contribution in [1.82, 2.24) is 4.90 Å². The van der Waals surface area contributed by atoms with Gasteiger partial charge in [0.25, 0.3) is 0 Å². The SMILES string of the molecule is C#CCN(CC(=O)O)C(=O)C(CC)CN. The lowest BCUT2D eigenvalue weighted by Gasteiger charge is -2.22. The molecule has 0 rings (SSSR count). The highest BCUT2D eigenvalue weighted by atomic mass is 16.4. The van der Waals surface area contributed by atoms with Crippen molar-refractivity contribution in [2.45, 2.75) is 13.3 Å². The van der Waals surface area contributed by atoms with E-state index in [9.17, 15) is 9.59 Å². The number of aliphatic carboxylic acids is 1. The molecule has 0 aromatic rings. The van der Waals surface area contributed by atoms with E-state index in [2.05, 4.69) is 5.92 Å². The van der Waals surface area contributed by atoms with Gasteiger partial charge in [0.1, 0.15) is 6.54 Å². The third-order valence-electron chi connectivity index (χ3n) is 2.05. The molecule has 0 saturated carbocycles. The Morgan fingerprint density at radius 3 is 2.53 bits per heavy atom. The minimum Gasteiger partial charge on any atom is -0.480 e. The number of rotatable bonds is 6. The summed E-state index contributed by atoms with van der Waals surface area (Å²) in [5.74, 6) is 0.539. The number of hydrogen-bond acceptors (Lipinski definition) is 3. The summed E-state index contributed by atoms with van der Waals surface area (Å²) in [5, 5.41) is 8.59. The van der Waals surface area contributed by atoms with Gasteiger partial charge in [-0.2, -0.15) is 0 Å². The molecule has 0 radical (unpaired) electrons. The summed E-state index contributed by atoms with van der Waals surface area (Å²) in [6.45, 7) is 1.65. The van der Waals surface area contributed by atoms with Crippen LogP contribution in [0.25, 0.3) is 0 Å². The molecule has 0 spiro atoms. The number of hydrogen-bond donors (Lipinski definition) is 2. The summed E-state index contributed by atoms with van der Waals surface area (Å²) >= 11 is 0. The topological polar surface area (TPSA) is 83.6 Å². The Morgan fingerprint density at radius 2 is 2.20 bits per heavy atom. The van der Waals surface area contributed by atoms with Gasteiger partial charge in [0.2, 0.25) is 5.91 Å². The van der Waals surface area contributed by atoms with Crippen LogP contribution in [0.1, 0.15) is 13.3 Å². The molecule has 0 aromatic heterocycles. The molecule has 0 fully saturated rings. The number of amides is 1. The molecule has 1 unspecified atom stereocenters. The van der Waals surface area contributed by atoms with Crippen LogP contribution < -0.4 is 5.73 Å². The Morgan fingerprint density at radius 1 is 1.60 bits per heavy atom. The monoisotopic (exact) mass is 212 g/mol. The van der Waals surface area contributed by atoms with Crippen LogP contribution in [-0.4, -0.2) is 41.5 Å². The Bertz CT molecular complexity index is 266. The van der Waals surface area contributed by atoms with Gasteiger partial charge in [0.05, 0.1) is 12.5 Å². The van der Waals surface area contributed by atoms with E-state index >= 15 is 0 Å². The molecule has 3 N–H and O–H groups in total. The zero-order chi connectivity index (χ0) is 11.8. The predicted octanol–water partition coefficient (Wildman–Crippen LogP) is -0.482. The molecule has 5 heteroatoms. The highest BCUT2D eigenvalue weighted by molar-refractivity contribution is 5.83. The van der Waals surface area contributed by atoms with Crippen molar-refractivity contribution in [1.29, 1.82) is 0 Å². The van der Waals surface area contributed by atoms with Gasteiger partial charge >= 0.3 is 5.97 Å². The highest BCUT2D eigenvalue weighted by Crippen LogP contribution is 2.05. The number of nitrogens with two attached hydrogens (primary N) is 1. The van der Waals surface area contributed by atoms with Gasteiger partial charge in [0, 0.05) is 6.54 Å². The largest absolute Gasteiger partial charge is 0.480 e. The zero-order valence-electron chi connectivity index (χ0n) is 8.77. The summed E-state index contributed by atoms with van der Waals surface area (Å²) in [5.41, 5.74) is 5.40. The van der Waals surface area contributed by atoms with E-state index in [0.717, 1.165) is 4.90 Å². The average Bonchev–Trinajstić information content (AvgIpc) is 2.18. The number of carboxylic acids is 1. The molecule has 15 heavy (non-hydrogen) atoms. The quantitative estimate of drug-likeness (QED) is 0.582. The van der Waals surface area contributed by atoms with Gasteiger partial charge in [0.15, 0.2) is 0 Å². The van der Waals surface area contributed by atoms with Gasteiger partial charge in [-0.1, -0.05) is 12.8 Å². The molecule has 84 valence electrons. The fourth-order valence-electron chi connectivity index (χ4n) is 1.19. The van der Waals surface area contributed by atoms with Crippen LogP contribution in [0.5, 0.6) is 0 Å². The third kappa shape index (κ3) is 4.47. The summed E-state index contributed by atoms with van der Waals surface area (Å²) < 4.78 is 0. The molecule has 0 aliphatic heterocycles. The standard InChI is InChI=1S/C10H16N2O3/c1-3-5-12(7-9(13)14)10(15)8(4-2)6-11/h1,8H,4-7,11H2,2H3,(H,13,14). The lowest BCUT2D eigenvalue weighted by atomic mass is 10.1. The van der Waals surface area contributed by atoms with Crippen molar-refractivity contribution in [3.8, 4) is 12.3 Å². The van der Waals surface area contributed by atoms with Crippen LogP contribution in [-0.2, 0) is 9.59 Å². The molecular weight excluding hydrogens is 196 g/mol. The van der Waals surface area contributed by atoms with Gasteiger partial charge in [-0.3, -0.25) is 9.59 Å². The molecule has 0 saturated heterocycles. The first-order chi connectivity index (χ1) is 7.06. The first-order valence-corrected chi connectivity index (χ1v) is 4.70. The molecule has 0 aliphatic rings. The van der Waals surface area contributed by atoms with E-state index in [4.69, 9.17) is 17.3 Å². The molecule has 0 aromatic carbocycles. The molecule has 1 atom stereocenters. The lowest BCUT2D eigenvalue weighted by molar-refractivity contribution is -0.145. The maximum absolute atomic E-state index is 11.7. The fourth-order valence-corrected chi connectivity index (χ4v) is 1.19. The van der Waals surface area contributed by atoms with Crippen molar-refractivity contribution in [3.05, 3.63) is 0 Å². The van der Waals surface area contributed by atoms with Crippen LogP contribution >= 0.6 is 0 Å². The van der Waals surface area contributed by atoms with Gasteiger partial charge in [-0.05, 0) is 6.42 Å². The lowest BCUT2D eigenvalue weighted by Crippen LogP contribution is -2.42. The van der Waals surface area contributed by atoms with Crippen LogP contribution in [0.15, 0.2) is 0 Å². The van der Waals surface area contributed by atoms with Crippen LogP contribution in [0, 0.1) is 18.3 Å². The normalized spacial score (nSPS) is 11.5. The molecule has 0 bridgehead atoms. The van der Waals surface area contributed by atoms with Crippen molar-refractivity contribution in [3.63, 3.8) is 0 Å². The molecule has 1 amide bonds. The minimum atomic E-state index is -1.08. The second kappa shape index (κ2) is 6.85. The first-order valence-electron chi connectivity index (χ1n) is 4.70. The van der Waals surface area contributed by atoms with E-state index in [-0.39, 0.29) is 31.5 Å². The van der Waals surface area contributed by atoms with Crippen molar-refractivity contribution in [2.75, 3.05) is 19.6 Å². The van der Waals surface area contributed by atoms with Gasteiger partial charge in [-0.15, -0.1) is 6.42 Å². The number of carboxylic acid groups (broad SMARTS) is 1. The molecule has 0 aliphatic carbocycles. The Kier molecular flexibility index (Phi) is 6.14. The van der Waals surface area contributed by atoms with E-state index in [1.54, 1.807) is 0 Å². The number of nitrogens with zero attached hydrogens (tertiary/aromatic N) is 1. The maximum Gasteiger partial charge on any atom is 0.323 e. The second-order valence-corrected chi connectivity index (χ2v) is 3.13. The van der Waals surface area contributed by atoms with Crippen molar-refractivity contribution < 1.29 is 14.7 Å². The second-order valence-electron chi connectivity index (χ2n) is 3.13. The predicted molar refractivity (Wildman–Crippen MR) is 55.9 cm³/mol. The Hall–Kier alpha value is -1.54. The van der Waals surface area contributed by atoms with E-state index in [0.29, 0.717) is 6.42 Å². The molecular formula is C10H16N2O3. The maximum atomic E-state index is 11.7. The summed E-state index contributed by atoms with van der Waals surface area (Å²) in [6.07, 6.45) is 5.64. The average molecular weight is 212 g/mol. The number of carbonyl (C=O) groups excluding carboxylic acids is 1. The smallest absolute Gasteiger partial charge is 0.323 e. The summed E-state index contributed by atoms with van der Waals surface area (Å²) in [4.78, 5) is 23.3. The van der Waals surface area contributed by atoms with E-state index in [1.165, 1.54) is 0 Å². The summed E-state index contributed by atoms with van der Waals surface area (Å²) in [6, 6.07) is 0. The van der Waals surface area contributed by atoms with Crippen LogP contribution in [0.2, 0.25) is 0 Å². The molecule has 0 heterocycles. The highest BCUT2D eigenvalue weighted by Gasteiger charge is 2.22. The van der Waals surface area contributed by atoms with Gasteiger partial charge < -0.3 is 15.7 Å². The Labute approximate surface area is 89.2 Å². The van der Waals surface area contributed by atoms with Gasteiger partial charge in [-0.25, -0.2) is 0 Å². The van der Waals surface area contributed by atoms with Crippen molar-refractivity contribution >= 4 is 11.9 Å². The van der Waals surface area contributed by atoms with Crippen molar-refractivity contribution in [2.24, 2.45) is 11.7 Å². The molecule has 5 nitrogen and oxygen atoms in total. The summed E-state index contributed by atoms with van der Waals surface area (Å²) in [7, 11) is 0. The Balaban J connectivity index is 4.53. The third-order valence-corrected chi connectivity index (χ3v) is 2.05. The zero-order valence-corrected chi connectivity index (χ0v) is 8.77. The number of carbonyl (C=O) groups is 2. The first kappa shape index (κ1) is 13.5. The fraction of sp³-hybridized carbons (Fsp3) is 0.600. The van der Waals surface area contributed by atoms with Crippen LogP contribution in [0.3, 0.4) is 0 Å².